The molecule has 0 aliphatic carbocycles. The van der Waals surface area contributed by atoms with Crippen LogP contribution >= 0.6 is 11.3 Å². The Balaban J connectivity index is 1.90. The molecule has 0 atom stereocenters. The predicted molar refractivity (Wildman–Crippen MR) is 122 cm³/mol. The number of nitrogens with zero attached hydrogens (tertiary/aromatic N) is 2. The monoisotopic (exact) mass is 415 g/mol. The first-order chi connectivity index (χ1) is 14.0. The number of unbranched alkanes of at least 4 members (excludes halogenated alkanes) is 1. The van der Waals surface area contributed by atoms with Gasteiger partial charge in [0.05, 0.1) is 18.8 Å². The molecule has 3 N–H and O–H groups in total. The van der Waals surface area contributed by atoms with Crippen molar-refractivity contribution >= 4 is 23.2 Å². The van der Waals surface area contributed by atoms with E-state index in [-0.39, 0.29) is 5.91 Å². The van der Waals surface area contributed by atoms with Crippen molar-refractivity contribution in [2.24, 2.45) is 4.99 Å². The van der Waals surface area contributed by atoms with Crippen molar-refractivity contribution in [1.82, 2.24) is 20.9 Å². The van der Waals surface area contributed by atoms with Gasteiger partial charge in [0.2, 0.25) is 0 Å². The van der Waals surface area contributed by atoms with Gasteiger partial charge in [0.25, 0.3) is 5.91 Å². The van der Waals surface area contributed by atoms with Crippen LogP contribution in [0.1, 0.15) is 73.1 Å². The molecule has 2 rings (SSSR count). The lowest BCUT2D eigenvalue weighted by atomic mass is 10.1. The minimum Gasteiger partial charge on any atom is -0.357 e. The number of carbonyl (C=O) groups excluding carboxylic acids is 1. The molecule has 0 fully saturated rings. The number of benzene rings is 1. The number of rotatable bonds is 10. The summed E-state index contributed by atoms with van der Waals surface area (Å²) >= 11 is 1.67. The summed E-state index contributed by atoms with van der Waals surface area (Å²) in [4.78, 5) is 21.4. The Labute approximate surface area is 178 Å². The smallest absolute Gasteiger partial charge is 0.251 e. The Hall–Kier alpha value is -2.41. The van der Waals surface area contributed by atoms with Gasteiger partial charge in [-0.2, -0.15) is 0 Å². The largest absolute Gasteiger partial charge is 0.357 e. The molecule has 1 heterocycles. The van der Waals surface area contributed by atoms with Gasteiger partial charge in [-0.05, 0) is 37.0 Å². The van der Waals surface area contributed by atoms with Crippen LogP contribution in [0.4, 0.5) is 0 Å². The summed E-state index contributed by atoms with van der Waals surface area (Å²) in [7, 11) is 0. The number of carbonyl (C=O) groups is 1. The van der Waals surface area contributed by atoms with E-state index in [1.807, 2.05) is 31.2 Å². The SMILES string of the molecule is CCCCNC(=O)c1ccc(CN=C(NCC)NCc2nc(C(C)C)cs2)cc1. The van der Waals surface area contributed by atoms with Crippen LogP contribution in [0.25, 0.3) is 0 Å². The van der Waals surface area contributed by atoms with Crippen molar-refractivity contribution in [3.8, 4) is 0 Å². The van der Waals surface area contributed by atoms with Crippen molar-refractivity contribution in [2.75, 3.05) is 13.1 Å². The summed E-state index contributed by atoms with van der Waals surface area (Å²) in [5.74, 6) is 1.18. The van der Waals surface area contributed by atoms with E-state index in [1.165, 1.54) is 0 Å². The third-order valence-electron chi connectivity index (χ3n) is 4.36. The summed E-state index contributed by atoms with van der Waals surface area (Å²) < 4.78 is 0. The molecule has 158 valence electrons. The molecule has 0 aliphatic heterocycles. The van der Waals surface area contributed by atoms with E-state index < -0.39 is 0 Å². The van der Waals surface area contributed by atoms with Crippen molar-refractivity contribution < 1.29 is 4.79 Å². The molecule has 2 aromatic rings. The summed E-state index contributed by atoms with van der Waals surface area (Å²) in [6.45, 7) is 11.2. The van der Waals surface area contributed by atoms with Crippen LogP contribution < -0.4 is 16.0 Å². The fourth-order valence-corrected chi connectivity index (χ4v) is 3.48. The molecule has 1 amide bonds. The highest BCUT2D eigenvalue weighted by atomic mass is 32.1. The third kappa shape index (κ3) is 7.85. The normalized spacial score (nSPS) is 11.6. The highest BCUT2D eigenvalue weighted by Crippen LogP contribution is 2.17. The van der Waals surface area contributed by atoms with E-state index in [0.29, 0.717) is 24.6 Å². The van der Waals surface area contributed by atoms with E-state index >= 15 is 0 Å². The van der Waals surface area contributed by atoms with Gasteiger partial charge in [0, 0.05) is 24.0 Å². The molecule has 0 unspecified atom stereocenters. The first kappa shape index (κ1) is 22.9. The molecule has 6 nitrogen and oxygen atoms in total. The third-order valence-corrected chi connectivity index (χ3v) is 5.23. The number of guanidine groups is 1. The second-order valence-electron chi connectivity index (χ2n) is 7.18. The van der Waals surface area contributed by atoms with Crippen LogP contribution in [-0.2, 0) is 13.1 Å². The second-order valence-corrected chi connectivity index (χ2v) is 8.12. The van der Waals surface area contributed by atoms with Gasteiger partial charge in [0.1, 0.15) is 5.01 Å². The van der Waals surface area contributed by atoms with Crippen LogP contribution in [0.5, 0.6) is 0 Å². The molecular weight excluding hydrogens is 382 g/mol. The minimum atomic E-state index is -0.0206. The average molecular weight is 416 g/mol. The zero-order valence-electron chi connectivity index (χ0n) is 17.9. The predicted octanol–water partition coefficient (Wildman–Crippen LogP) is 4.05. The average Bonchev–Trinajstić information content (AvgIpc) is 3.20. The maximum atomic E-state index is 12.1. The van der Waals surface area contributed by atoms with Gasteiger partial charge in [0.15, 0.2) is 5.96 Å². The zero-order valence-corrected chi connectivity index (χ0v) is 18.7. The Morgan fingerprint density at radius 1 is 1.14 bits per heavy atom. The van der Waals surface area contributed by atoms with Gasteiger partial charge >= 0.3 is 0 Å². The highest BCUT2D eigenvalue weighted by molar-refractivity contribution is 7.09. The lowest BCUT2D eigenvalue weighted by molar-refractivity contribution is 0.0953. The quantitative estimate of drug-likeness (QED) is 0.311. The maximum Gasteiger partial charge on any atom is 0.251 e. The first-order valence-corrected chi connectivity index (χ1v) is 11.2. The fourth-order valence-electron chi connectivity index (χ4n) is 2.59. The van der Waals surface area contributed by atoms with Gasteiger partial charge < -0.3 is 16.0 Å². The van der Waals surface area contributed by atoms with Crippen LogP contribution in [0.3, 0.4) is 0 Å². The Bertz CT molecular complexity index is 783. The van der Waals surface area contributed by atoms with Gasteiger partial charge in [-0.15, -0.1) is 11.3 Å². The first-order valence-electron chi connectivity index (χ1n) is 10.4. The molecule has 0 saturated heterocycles. The molecule has 0 bridgehead atoms. The summed E-state index contributed by atoms with van der Waals surface area (Å²) in [5, 5.41) is 12.7. The molecule has 0 aliphatic rings. The summed E-state index contributed by atoms with van der Waals surface area (Å²) in [6, 6.07) is 7.63. The topological polar surface area (TPSA) is 78.4 Å². The Morgan fingerprint density at radius 2 is 1.90 bits per heavy atom. The molecule has 7 heteroatoms. The van der Waals surface area contributed by atoms with E-state index in [0.717, 1.165) is 48.2 Å². The zero-order chi connectivity index (χ0) is 21.1. The van der Waals surface area contributed by atoms with Crippen LogP contribution in [0, 0.1) is 0 Å². The van der Waals surface area contributed by atoms with Crippen molar-refractivity contribution in [3.05, 3.63) is 51.5 Å². The number of aromatic nitrogens is 1. The number of thiazole rings is 1. The number of amides is 1. The molecular formula is C22H33N5OS. The van der Waals surface area contributed by atoms with Crippen LogP contribution in [-0.4, -0.2) is 29.9 Å². The molecule has 0 spiro atoms. The van der Waals surface area contributed by atoms with Crippen LogP contribution in [0.2, 0.25) is 0 Å². The Kier molecular flexibility index (Phi) is 9.64. The van der Waals surface area contributed by atoms with Crippen molar-refractivity contribution in [3.63, 3.8) is 0 Å². The van der Waals surface area contributed by atoms with Crippen LogP contribution in [0.15, 0.2) is 34.6 Å². The standard InChI is InChI=1S/C22H33N5OS/c1-5-7-12-24-21(28)18-10-8-17(9-11-18)13-25-22(23-6-2)26-14-20-27-19(15-29-20)16(3)4/h8-11,15-16H,5-7,12-14H2,1-4H3,(H,24,28)(H2,23,25,26). The summed E-state index contributed by atoms with van der Waals surface area (Å²) in [5.41, 5.74) is 2.87. The Morgan fingerprint density at radius 3 is 2.52 bits per heavy atom. The van der Waals surface area contributed by atoms with Gasteiger partial charge in [-0.1, -0.05) is 39.3 Å². The van der Waals surface area contributed by atoms with E-state index in [9.17, 15) is 4.79 Å². The van der Waals surface area contributed by atoms with Gasteiger partial charge in [-0.3, -0.25) is 4.79 Å². The van der Waals surface area contributed by atoms with E-state index in [4.69, 9.17) is 0 Å². The number of hydrogen-bond acceptors (Lipinski definition) is 4. The van der Waals surface area contributed by atoms with E-state index in [2.05, 4.69) is 52.1 Å². The molecule has 0 radical (unpaired) electrons. The number of nitrogens with one attached hydrogen (secondary N) is 3. The van der Waals surface area contributed by atoms with E-state index in [1.54, 1.807) is 11.3 Å². The van der Waals surface area contributed by atoms with Crippen molar-refractivity contribution in [2.45, 2.75) is 59.5 Å². The molecule has 29 heavy (non-hydrogen) atoms. The van der Waals surface area contributed by atoms with Gasteiger partial charge in [-0.25, -0.2) is 9.98 Å². The number of aliphatic imine (C=N–C) groups is 1. The lowest BCUT2D eigenvalue weighted by Crippen LogP contribution is -2.36. The highest BCUT2D eigenvalue weighted by Gasteiger charge is 2.07. The second kappa shape index (κ2) is 12.2. The molecule has 0 saturated carbocycles. The molecule has 1 aromatic carbocycles. The summed E-state index contributed by atoms with van der Waals surface area (Å²) in [6.07, 6.45) is 2.07. The molecule has 1 aromatic heterocycles. The lowest BCUT2D eigenvalue weighted by Gasteiger charge is -2.10. The minimum absolute atomic E-state index is 0.0206. The van der Waals surface area contributed by atoms with Crippen molar-refractivity contribution in [1.29, 1.82) is 0 Å². The fraction of sp³-hybridized carbons (Fsp3) is 0.500. The number of hydrogen-bond donors (Lipinski definition) is 3. The maximum absolute atomic E-state index is 12.1.